The van der Waals surface area contributed by atoms with Gasteiger partial charge in [0.05, 0.1) is 25.4 Å². The van der Waals surface area contributed by atoms with Crippen LogP contribution in [0.5, 0.6) is 5.75 Å². The lowest BCUT2D eigenvalue weighted by molar-refractivity contribution is -0.145. The standard InChI is InChI=1S/C44H57ClN6O7/c1-6-11-33(38(53)41(55)46-19-18-29-25-47-34-22-31(57-5)16-17-32(29)34)48-40(54)36-24-44(23-35(50-58-44)28-14-10-15-30(45)21-28)26-51(36)42(56)39(43(2,3)4)49-37(52)20-27-12-8-7-9-13-27/h10,14-17,21-22,25,27,33,36,39,47H,6-9,11-13,18-20,23-24,26H2,1-5H3,(H,46,55)(H,48,54)(H,49,52)/t33-,36+,39+,44?/m1/s1. The second kappa shape index (κ2) is 18.3. The number of Topliss-reactive ketones (excluding diaryl/α,β-unsaturated/α-hetero) is 1. The number of fused-ring (bicyclic) bond motifs is 1. The number of likely N-dealkylation sites (tertiary alicyclic amines) is 1. The third kappa shape index (κ3) is 10.0. The van der Waals surface area contributed by atoms with Gasteiger partial charge in [-0.1, -0.05) is 82.3 Å². The van der Waals surface area contributed by atoms with Crippen molar-refractivity contribution in [3.8, 4) is 5.75 Å². The molecule has 4 atom stereocenters. The molecule has 1 aromatic heterocycles. The van der Waals surface area contributed by atoms with Crippen molar-refractivity contribution in [2.75, 3.05) is 20.2 Å². The third-order valence-electron chi connectivity index (χ3n) is 11.7. The van der Waals surface area contributed by atoms with E-state index in [0.717, 1.165) is 53.5 Å². The number of nitrogens with zero attached hydrogens (tertiary/aromatic N) is 2. The average Bonchev–Trinajstić information content (AvgIpc) is 3.92. The monoisotopic (exact) mass is 816 g/mol. The maximum absolute atomic E-state index is 14.7. The molecule has 2 fully saturated rings. The van der Waals surface area contributed by atoms with E-state index in [1.54, 1.807) is 19.2 Å². The topological polar surface area (TPSA) is 171 Å². The third-order valence-corrected chi connectivity index (χ3v) is 11.9. The molecule has 3 aliphatic rings. The number of carbonyl (C=O) groups is 5. The number of benzene rings is 2. The number of rotatable bonds is 15. The molecule has 3 aromatic rings. The van der Waals surface area contributed by atoms with Crippen LogP contribution in [-0.4, -0.2) is 88.9 Å². The zero-order chi connectivity index (χ0) is 41.6. The molecule has 0 bridgehead atoms. The largest absolute Gasteiger partial charge is 0.497 e. The molecular weight excluding hydrogens is 760 g/mol. The Bertz CT molecular complexity index is 2030. The fraction of sp³-hybridized carbons (Fsp3) is 0.545. The molecule has 1 spiro atoms. The SMILES string of the molecule is CCC[C@@H](NC(=O)[C@@H]1CC2(CC(c3cccc(Cl)c3)=NO2)CN1C(=O)[C@H](NC(=O)CC1CCCCC1)C(C)(C)C)C(=O)C(=O)NCCc1c[nH]c2cc(OC)ccc12. The molecule has 1 saturated carbocycles. The van der Waals surface area contributed by atoms with Gasteiger partial charge in [0.25, 0.3) is 5.91 Å². The first-order chi connectivity index (χ1) is 27.7. The lowest BCUT2D eigenvalue weighted by atomic mass is 9.84. The number of oxime groups is 1. The van der Waals surface area contributed by atoms with Crippen LogP contribution in [0.1, 0.15) is 103 Å². The number of aromatic amines is 1. The number of hydrogen-bond donors (Lipinski definition) is 4. The summed E-state index contributed by atoms with van der Waals surface area (Å²) in [5, 5.41) is 14.5. The number of hydrogen-bond acceptors (Lipinski definition) is 8. The van der Waals surface area contributed by atoms with Crippen LogP contribution in [0.2, 0.25) is 5.02 Å². The van der Waals surface area contributed by atoms with Crippen LogP contribution in [0.15, 0.2) is 53.8 Å². The van der Waals surface area contributed by atoms with Crippen LogP contribution < -0.4 is 20.7 Å². The Morgan fingerprint density at radius 1 is 1.07 bits per heavy atom. The number of ether oxygens (including phenoxy) is 1. The van der Waals surface area contributed by atoms with E-state index >= 15 is 0 Å². The average molecular weight is 817 g/mol. The predicted octanol–water partition coefficient (Wildman–Crippen LogP) is 6.01. The fourth-order valence-corrected chi connectivity index (χ4v) is 8.71. The van der Waals surface area contributed by atoms with Gasteiger partial charge in [0, 0.05) is 59.6 Å². The summed E-state index contributed by atoms with van der Waals surface area (Å²) in [7, 11) is 1.60. The van der Waals surface area contributed by atoms with E-state index in [9.17, 15) is 24.0 Å². The smallest absolute Gasteiger partial charge is 0.289 e. The van der Waals surface area contributed by atoms with Gasteiger partial charge in [0.15, 0.2) is 5.60 Å². The minimum Gasteiger partial charge on any atom is -0.497 e. The predicted molar refractivity (Wildman–Crippen MR) is 223 cm³/mol. The highest BCUT2D eigenvalue weighted by Gasteiger charge is 2.55. The minimum absolute atomic E-state index is 0.0239. The molecule has 4 amide bonds. The van der Waals surface area contributed by atoms with Crippen molar-refractivity contribution in [2.45, 2.75) is 122 Å². The molecule has 3 heterocycles. The van der Waals surface area contributed by atoms with E-state index in [1.165, 1.54) is 11.3 Å². The Balaban J connectivity index is 1.17. The molecule has 13 nitrogen and oxygen atoms in total. The van der Waals surface area contributed by atoms with Crippen molar-refractivity contribution in [3.05, 3.63) is 64.8 Å². The van der Waals surface area contributed by atoms with E-state index in [1.807, 2.05) is 64.2 Å². The molecule has 0 radical (unpaired) electrons. The second-order valence-electron chi connectivity index (χ2n) is 17.2. The maximum Gasteiger partial charge on any atom is 0.289 e. The lowest BCUT2D eigenvalue weighted by Crippen LogP contribution is -2.59. The molecule has 14 heteroatoms. The van der Waals surface area contributed by atoms with Crippen LogP contribution in [0.4, 0.5) is 0 Å². The van der Waals surface area contributed by atoms with Gasteiger partial charge in [-0.25, -0.2) is 0 Å². The zero-order valence-electron chi connectivity index (χ0n) is 34.3. The summed E-state index contributed by atoms with van der Waals surface area (Å²) < 4.78 is 5.31. The minimum atomic E-state index is -1.12. The molecule has 2 aliphatic heterocycles. The number of aromatic nitrogens is 1. The molecule has 6 rings (SSSR count). The maximum atomic E-state index is 14.7. The Morgan fingerprint density at radius 3 is 2.55 bits per heavy atom. The summed E-state index contributed by atoms with van der Waals surface area (Å²) in [4.78, 5) is 80.3. The van der Waals surface area contributed by atoms with Gasteiger partial charge >= 0.3 is 0 Å². The number of ketones is 1. The molecular formula is C44H57ClN6O7. The van der Waals surface area contributed by atoms with Gasteiger partial charge in [-0.05, 0) is 66.8 Å². The Kier molecular flexibility index (Phi) is 13.5. The fourth-order valence-electron chi connectivity index (χ4n) is 8.52. The van der Waals surface area contributed by atoms with Crippen LogP contribution in [-0.2, 0) is 35.2 Å². The van der Waals surface area contributed by atoms with E-state index in [4.69, 9.17) is 21.2 Å². The quantitative estimate of drug-likeness (QED) is 0.136. The van der Waals surface area contributed by atoms with Gasteiger partial charge in [-0.3, -0.25) is 24.0 Å². The summed E-state index contributed by atoms with van der Waals surface area (Å²) in [5.41, 5.74) is 1.52. The summed E-state index contributed by atoms with van der Waals surface area (Å²) in [6, 6.07) is 9.79. The highest BCUT2D eigenvalue weighted by atomic mass is 35.5. The first-order valence-corrected chi connectivity index (χ1v) is 21.0. The van der Waals surface area contributed by atoms with Crippen molar-refractivity contribution < 1.29 is 33.5 Å². The molecule has 4 N–H and O–H groups in total. The number of amides is 4. The van der Waals surface area contributed by atoms with E-state index < -0.39 is 52.6 Å². The van der Waals surface area contributed by atoms with Gasteiger partial charge < -0.3 is 35.4 Å². The van der Waals surface area contributed by atoms with Crippen molar-refractivity contribution in [2.24, 2.45) is 16.5 Å². The molecule has 2 aromatic carbocycles. The second-order valence-corrected chi connectivity index (χ2v) is 17.6. The van der Waals surface area contributed by atoms with Crippen LogP contribution in [0.3, 0.4) is 0 Å². The number of halogens is 1. The van der Waals surface area contributed by atoms with Gasteiger partial charge in [-0.15, -0.1) is 0 Å². The van der Waals surface area contributed by atoms with Gasteiger partial charge in [0.2, 0.25) is 23.5 Å². The van der Waals surface area contributed by atoms with Crippen LogP contribution >= 0.6 is 11.6 Å². The summed E-state index contributed by atoms with van der Waals surface area (Å²) in [5.74, 6) is -1.77. The van der Waals surface area contributed by atoms with E-state index in [-0.39, 0.29) is 37.8 Å². The van der Waals surface area contributed by atoms with Crippen molar-refractivity contribution in [1.82, 2.24) is 25.8 Å². The normalized spacial score (nSPS) is 20.6. The highest BCUT2D eigenvalue weighted by molar-refractivity contribution is 6.38. The Hall–Kier alpha value is -4.91. The van der Waals surface area contributed by atoms with Gasteiger partial charge in [0.1, 0.15) is 17.8 Å². The van der Waals surface area contributed by atoms with Crippen molar-refractivity contribution in [3.63, 3.8) is 0 Å². The molecule has 312 valence electrons. The summed E-state index contributed by atoms with van der Waals surface area (Å²) >= 11 is 6.29. The number of carbonyl (C=O) groups excluding carboxylic acids is 5. The zero-order valence-corrected chi connectivity index (χ0v) is 35.0. The number of methoxy groups -OCH3 is 1. The van der Waals surface area contributed by atoms with Gasteiger partial charge in [-0.2, -0.15) is 0 Å². The Morgan fingerprint density at radius 2 is 1.84 bits per heavy atom. The van der Waals surface area contributed by atoms with Crippen molar-refractivity contribution in [1.29, 1.82) is 0 Å². The van der Waals surface area contributed by atoms with E-state index in [2.05, 4.69) is 26.1 Å². The number of H-pyrrole nitrogens is 1. The molecule has 1 unspecified atom stereocenters. The lowest BCUT2D eigenvalue weighted by Gasteiger charge is -2.36. The number of nitrogens with one attached hydrogen (secondary N) is 4. The Labute approximate surface area is 345 Å². The first-order valence-electron chi connectivity index (χ1n) is 20.6. The molecule has 1 saturated heterocycles. The molecule has 1 aliphatic carbocycles. The highest BCUT2D eigenvalue weighted by Crippen LogP contribution is 2.40. The van der Waals surface area contributed by atoms with Crippen LogP contribution in [0, 0.1) is 11.3 Å². The van der Waals surface area contributed by atoms with Crippen molar-refractivity contribution >= 4 is 57.6 Å². The first kappa shape index (κ1) is 42.7. The summed E-state index contributed by atoms with van der Waals surface area (Å²) in [6.45, 7) is 7.74. The molecule has 58 heavy (non-hydrogen) atoms. The van der Waals surface area contributed by atoms with E-state index in [0.29, 0.717) is 36.4 Å². The van der Waals surface area contributed by atoms with Crippen LogP contribution in [0.25, 0.3) is 10.9 Å². The summed E-state index contributed by atoms with van der Waals surface area (Å²) in [6.07, 6.45) is 9.13.